The highest BCUT2D eigenvalue weighted by atomic mass is 32.2. The lowest BCUT2D eigenvalue weighted by molar-refractivity contribution is 0.0730. The Morgan fingerprint density at radius 1 is 0.733 bits per heavy atom. The molecule has 0 aromatic heterocycles. The number of nitrogens with zero attached hydrogens (tertiary/aromatic N) is 3. The summed E-state index contributed by atoms with van der Waals surface area (Å²) in [5.74, 6) is -0.439. The molecule has 10 nitrogen and oxygen atoms in total. The topological polar surface area (TPSA) is 125 Å². The average molecular weight is 647 g/mol. The Kier molecular flexibility index (Phi) is 10.2. The summed E-state index contributed by atoms with van der Waals surface area (Å²) in [5.41, 5.74) is 5.61. The van der Waals surface area contributed by atoms with Crippen molar-refractivity contribution in [2.75, 3.05) is 26.3 Å². The maximum Gasteiger partial charge on any atom is 0.271 e. The maximum atomic E-state index is 13.5. The largest absolute Gasteiger partial charge is 0.379 e. The van der Waals surface area contributed by atoms with Gasteiger partial charge in [-0.2, -0.15) is 13.7 Å². The second-order valence-corrected chi connectivity index (χ2v) is 14.3. The molecule has 1 aliphatic rings. The molecule has 1 heterocycles. The Hall–Kier alpha value is -4.20. The minimum absolute atomic E-state index is 0.114. The van der Waals surface area contributed by atoms with E-state index in [0.717, 1.165) is 5.56 Å². The summed E-state index contributed by atoms with van der Waals surface area (Å²) in [6, 6.07) is 30.7. The van der Waals surface area contributed by atoms with Gasteiger partial charge >= 0.3 is 0 Å². The second kappa shape index (κ2) is 14.3. The summed E-state index contributed by atoms with van der Waals surface area (Å²) < 4.78 is 60.9. The van der Waals surface area contributed by atoms with Gasteiger partial charge in [0, 0.05) is 31.7 Å². The number of amides is 1. The molecule has 1 saturated heterocycles. The molecule has 45 heavy (non-hydrogen) atoms. The first-order chi connectivity index (χ1) is 21.6. The van der Waals surface area contributed by atoms with Crippen molar-refractivity contribution >= 4 is 31.7 Å². The Balaban J connectivity index is 1.25. The van der Waals surface area contributed by atoms with Crippen molar-refractivity contribution in [1.29, 1.82) is 0 Å². The van der Waals surface area contributed by atoms with Gasteiger partial charge in [-0.3, -0.25) is 4.79 Å². The van der Waals surface area contributed by atoms with Crippen LogP contribution in [0, 0.1) is 0 Å². The first-order valence-corrected chi connectivity index (χ1v) is 17.2. The molecular formula is C33H34N4O6S2. The molecule has 1 N–H and O–H groups in total. The van der Waals surface area contributed by atoms with Crippen LogP contribution in [0.5, 0.6) is 0 Å². The zero-order valence-corrected chi connectivity index (χ0v) is 26.4. The molecule has 4 aromatic rings. The van der Waals surface area contributed by atoms with E-state index in [4.69, 9.17) is 4.74 Å². The SMILES string of the molecule is CC(=NNC(=O)c1ccc(CN(Cc2ccccc2)S(=O)(=O)c2ccccc2)cc1)c1ccc(S(=O)(=O)N2CCOCC2)cc1. The zero-order valence-electron chi connectivity index (χ0n) is 24.7. The number of hydrogen-bond donors (Lipinski definition) is 1. The minimum Gasteiger partial charge on any atom is -0.379 e. The van der Waals surface area contributed by atoms with Crippen LogP contribution in [0.1, 0.15) is 34.0 Å². The molecule has 0 spiro atoms. The Morgan fingerprint density at radius 2 is 1.27 bits per heavy atom. The third-order valence-corrected chi connectivity index (χ3v) is 11.1. The Labute approximate surface area is 264 Å². The molecule has 0 aliphatic carbocycles. The summed E-state index contributed by atoms with van der Waals surface area (Å²) in [6.45, 7) is 3.38. The highest BCUT2D eigenvalue weighted by Gasteiger charge is 2.27. The van der Waals surface area contributed by atoms with Crippen molar-refractivity contribution in [1.82, 2.24) is 14.0 Å². The maximum absolute atomic E-state index is 13.5. The normalized spacial score (nSPS) is 14.8. The van der Waals surface area contributed by atoms with Crippen LogP contribution in [0.2, 0.25) is 0 Å². The summed E-state index contributed by atoms with van der Waals surface area (Å²) in [5, 5.41) is 4.19. The molecule has 0 unspecified atom stereocenters. The van der Waals surface area contributed by atoms with E-state index in [1.165, 1.54) is 20.7 Å². The van der Waals surface area contributed by atoms with Gasteiger partial charge in [0.2, 0.25) is 20.0 Å². The number of sulfonamides is 2. The molecule has 0 saturated carbocycles. The van der Waals surface area contributed by atoms with Crippen LogP contribution in [0.3, 0.4) is 0 Å². The summed E-state index contributed by atoms with van der Waals surface area (Å²) in [6.07, 6.45) is 0. The number of benzene rings is 4. The van der Waals surface area contributed by atoms with Crippen LogP contribution in [-0.4, -0.2) is 63.4 Å². The van der Waals surface area contributed by atoms with Crippen LogP contribution in [0.15, 0.2) is 124 Å². The molecule has 0 atom stereocenters. The second-order valence-electron chi connectivity index (χ2n) is 10.4. The lowest BCUT2D eigenvalue weighted by Gasteiger charge is -2.26. The van der Waals surface area contributed by atoms with Gasteiger partial charge in [0.15, 0.2) is 0 Å². The van der Waals surface area contributed by atoms with Crippen LogP contribution in [0.25, 0.3) is 0 Å². The fourth-order valence-corrected chi connectivity index (χ4v) is 7.63. The summed E-state index contributed by atoms with van der Waals surface area (Å²) in [7, 11) is -7.40. The van der Waals surface area contributed by atoms with E-state index < -0.39 is 26.0 Å². The predicted octanol–water partition coefficient (Wildman–Crippen LogP) is 4.25. The third-order valence-electron chi connectivity index (χ3n) is 7.36. The van der Waals surface area contributed by atoms with E-state index in [0.29, 0.717) is 48.7 Å². The molecule has 1 fully saturated rings. The molecule has 0 bridgehead atoms. The lowest BCUT2D eigenvalue weighted by atomic mass is 10.1. The van der Waals surface area contributed by atoms with Crippen LogP contribution in [0.4, 0.5) is 0 Å². The fraction of sp³-hybridized carbons (Fsp3) is 0.212. The lowest BCUT2D eigenvalue weighted by Crippen LogP contribution is -2.40. The summed E-state index contributed by atoms with van der Waals surface area (Å²) in [4.78, 5) is 13.2. The van der Waals surface area contributed by atoms with Crippen molar-refractivity contribution in [2.45, 2.75) is 29.8 Å². The smallest absolute Gasteiger partial charge is 0.271 e. The Bertz CT molecular complexity index is 1840. The van der Waals surface area contributed by atoms with Gasteiger partial charge < -0.3 is 4.74 Å². The molecule has 1 amide bonds. The van der Waals surface area contributed by atoms with Crippen LogP contribution < -0.4 is 5.43 Å². The first kappa shape index (κ1) is 32.2. The van der Waals surface area contributed by atoms with Crippen LogP contribution >= 0.6 is 0 Å². The van der Waals surface area contributed by atoms with E-state index in [2.05, 4.69) is 10.5 Å². The van der Waals surface area contributed by atoms with Gasteiger partial charge in [-0.05, 0) is 60.0 Å². The predicted molar refractivity (Wildman–Crippen MR) is 171 cm³/mol. The van der Waals surface area contributed by atoms with Crippen molar-refractivity contribution in [3.8, 4) is 0 Å². The van der Waals surface area contributed by atoms with Gasteiger partial charge in [0.05, 0.1) is 28.7 Å². The highest BCUT2D eigenvalue weighted by molar-refractivity contribution is 7.89. The van der Waals surface area contributed by atoms with Gasteiger partial charge in [-0.1, -0.05) is 72.8 Å². The molecular weight excluding hydrogens is 613 g/mol. The van der Waals surface area contributed by atoms with Crippen molar-refractivity contribution in [3.05, 3.63) is 131 Å². The molecule has 234 valence electrons. The standard InChI is InChI=1S/C33H34N4O6S2/c1-26(29-16-18-32(19-17-29)44(39,40)36-20-22-43-23-21-36)34-35-33(38)30-14-12-28(13-15-30)25-37(24-27-8-4-2-5-9-27)45(41,42)31-10-6-3-7-11-31/h2-19H,20-25H2,1H3,(H,35,38). The van der Waals surface area contributed by atoms with Gasteiger partial charge in [-0.25, -0.2) is 22.3 Å². The van der Waals surface area contributed by atoms with Crippen LogP contribution in [-0.2, 0) is 37.9 Å². The Morgan fingerprint density at radius 3 is 1.87 bits per heavy atom. The molecule has 1 aliphatic heterocycles. The van der Waals surface area contributed by atoms with E-state index >= 15 is 0 Å². The van der Waals surface area contributed by atoms with E-state index in [1.807, 2.05) is 30.3 Å². The highest BCUT2D eigenvalue weighted by Crippen LogP contribution is 2.22. The number of rotatable bonds is 11. The van der Waals surface area contributed by atoms with Gasteiger partial charge in [0.1, 0.15) is 0 Å². The zero-order chi connectivity index (χ0) is 31.9. The number of carbonyl (C=O) groups is 1. The van der Waals surface area contributed by atoms with Gasteiger partial charge in [0.25, 0.3) is 5.91 Å². The number of ether oxygens (including phenoxy) is 1. The minimum atomic E-state index is -3.79. The van der Waals surface area contributed by atoms with Crippen molar-refractivity contribution in [3.63, 3.8) is 0 Å². The quantitative estimate of drug-likeness (QED) is 0.192. The number of nitrogens with one attached hydrogen (secondary N) is 1. The first-order valence-electron chi connectivity index (χ1n) is 14.4. The fourth-order valence-electron chi connectivity index (χ4n) is 4.79. The van der Waals surface area contributed by atoms with Crippen molar-refractivity contribution < 1.29 is 26.4 Å². The molecule has 12 heteroatoms. The van der Waals surface area contributed by atoms with E-state index in [-0.39, 0.29) is 22.9 Å². The molecule has 4 aromatic carbocycles. The van der Waals surface area contributed by atoms with E-state index in [9.17, 15) is 21.6 Å². The average Bonchev–Trinajstić information content (AvgIpc) is 3.08. The van der Waals surface area contributed by atoms with Crippen molar-refractivity contribution in [2.24, 2.45) is 5.10 Å². The monoisotopic (exact) mass is 646 g/mol. The number of morpholine rings is 1. The van der Waals surface area contributed by atoms with Gasteiger partial charge in [-0.15, -0.1) is 0 Å². The number of hydrazone groups is 1. The third kappa shape index (κ3) is 7.91. The van der Waals surface area contributed by atoms with E-state index in [1.54, 1.807) is 73.7 Å². The molecule has 5 rings (SSSR count). The summed E-state index contributed by atoms with van der Waals surface area (Å²) >= 11 is 0. The molecule has 0 radical (unpaired) electrons. The number of carbonyl (C=O) groups excluding carboxylic acids is 1. The number of hydrogen-bond acceptors (Lipinski definition) is 7.